The van der Waals surface area contributed by atoms with Crippen molar-refractivity contribution in [2.75, 3.05) is 19.6 Å². The Morgan fingerprint density at radius 1 is 1.07 bits per heavy atom. The number of rotatable bonds is 6. The maximum Gasteiger partial charge on any atom is 0.191 e. The van der Waals surface area contributed by atoms with Crippen LogP contribution in [-0.4, -0.2) is 47.6 Å². The molecule has 0 radical (unpaired) electrons. The summed E-state index contributed by atoms with van der Waals surface area (Å²) in [5, 5.41) is 7.34. The van der Waals surface area contributed by atoms with Gasteiger partial charge < -0.3 is 10.6 Å². The van der Waals surface area contributed by atoms with Crippen LogP contribution in [-0.2, 0) is 6.54 Å². The van der Waals surface area contributed by atoms with Crippen molar-refractivity contribution >= 4 is 29.9 Å². The van der Waals surface area contributed by atoms with Crippen LogP contribution >= 0.6 is 24.0 Å². The van der Waals surface area contributed by atoms with E-state index in [4.69, 9.17) is 0 Å². The summed E-state index contributed by atoms with van der Waals surface area (Å²) in [5.74, 6) is 1.60. The lowest BCUT2D eigenvalue weighted by Crippen LogP contribution is -2.49. The van der Waals surface area contributed by atoms with E-state index >= 15 is 0 Å². The van der Waals surface area contributed by atoms with Gasteiger partial charge in [0.05, 0.1) is 5.69 Å². The Labute approximate surface area is 191 Å². The first kappa shape index (κ1) is 22.0. The zero-order valence-electron chi connectivity index (χ0n) is 17.1. The Morgan fingerprint density at radius 2 is 1.83 bits per heavy atom. The second kappa shape index (κ2) is 10.9. The maximum atomic E-state index is 4.68. The summed E-state index contributed by atoms with van der Waals surface area (Å²) in [6, 6.07) is 17.9. The Morgan fingerprint density at radius 3 is 2.52 bits per heavy atom. The van der Waals surface area contributed by atoms with Gasteiger partial charge in [0.25, 0.3) is 0 Å². The van der Waals surface area contributed by atoms with Gasteiger partial charge in [0, 0.05) is 50.4 Å². The lowest BCUT2D eigenvalue weighted by Gasteiger charge is -2.33. The molecule has 1 aromatic carbocycles. The molecular formula is C23H32IN5. The van der Waals surface area contributed by atoms with Crippen LogP contribution in [0, 0.1) is 0 Å². The quantitative estimate of drug-likeness (QED) is 0.357. The number of halogens is 1. The van der Waals surface area contributed by atoms with E-state index in [1.165, 1.54) is 12.0 Å². The Hall–Kier alpha value is -1.67. The first-order valence-corrected chi connectivity index (χ1v) is 10.6. The van der Waals surface area contributed by atoms with E-state index in [-0.39, 0.29) is 24.0 Å². The number of hydrogen-bond acceptors (Lipinski definition) is 3. The molecular weight excluding hydrogens is 473 g/mol. The molecule has 2 N–H and O–H groups in total. The van der Waals surface area contributed by atoms with Crippen molar-refractivity contribution in [3.8, 4) is 0 Å². The fourth-order valence-electron chi connectivity index (χ4n) is 4.04. The smallest absolute Gasteiger partial charge is 0.191 e. The Kier molecular flexibility index (Phi) is 8.29. The van der Waals surface area contributed by atoms with Crippen LogP contribution in [0.4, 0.5) is 0 Å². The minimum atomic E-state index is 0. The molecule has 0 spiro atoms. The monoisotopic (exact) mass is 505 g/mol. The molecule has 2 atom stereocenters. The van der Waals surface area contributed by atoms with Gasteiger partial charge in [-0.05, 0) is 43.9 Å². The highest BCUT2D eigenvalue weighted by Crippen LogP contribution is 2.40. The average molecular weight is 505 g/mol. The third kappa shape index (κ3) is 6.40. The zero-order valence-corrected chi connectivity index (χ0v) is 19.5. The van der Waals surface area contributed by atoms with Gasteiger partial charge in [-0.2, -0.15) is 0 Å². The lowest BCUT2D eigenvalue weighted by atomic mass is 10.0. The molecule has 2 aliphatic rings. The number of piperidine rings is 1. The maximum absolute atomic E-state index is 4.68. The number of hydrogen-bond donors (Lipinski definition) is 2. The van der Waals surface area contributed by atoms with Gasteiger partial charge in [-0.1, -0.05) is 36.4 Å². The average Bonchev–Trinajstić information content (AvgIpc) is 3.50. The van der Waals surface area contributed by atoms with Crippen molar-refractivity contribution in [1.29, 1.82) is 0 Å². The first-order chi connectivity index (χ1) is 13.8. The van der Waals surface area contributed by atoms with Crippen LogP contribution < -0.4 is 10.6 Å². The predicted octanol–water partition coefficient (Wildman–Crippen LogP) is 3.78. The Balaban J connectivity index is 0.00000240. The third-order valence-corrected chi connectivity index (χ3v) is 5.70. The summed E-state index contributed by atoms with van der Waals surface area (Å²) in [6.45, 7) is 6.05. The van der Waals surface area contributed by atoms with Crippen LogP contribution in [0.25, 0.3) is 0 Å². The molecule has 2 aromatic rings. The van der Waals surface area contributed by atoms with Crippen LogP contribution in [0.2, 0.25) is 0 Å². The number of nitrogens with one attached hydrogen (secondary N) is 2. The van der Waals surface area contributed by atoms with E-state index in [2.05, 4.69) is 74.9 Å². The number of benzene rings is 1. The highest BCUT2D eigenvalue weighted by atomic mass is 127. The van der Waals surface area contributed by atoms with Gasteiger partial charge in [0.15, 0.2) is 5.96 Å². The number of pyridine rings is 1. The topological polar surface area (TPSA) is 52.6 Å². The van der Waals surface area contributed by atoms with Crippen molar-refractivity contribution in [1.82, 2.24) is 20.5 Å². The zero-order chi connectivity index (χ0) is 19.2. The van der Waals surface area contributed by atoms with Gasteiger partial charge in [-0.15, -0.1) is 24.0 Å². The second-order valence-electron chi connectivity index (χ2n) is 7.84. The van der Waals surface area contributed by atoms with Crippen molar-refractivity contribution in [2.45, 2.75) is 50.7 Å². The van der Waals surface area contributed by atoms with Gasteiger partial charge in [0.2, 0.25) is 0 Å². The standard InChI is InChI=1S/C23H31N5.HI/c1-2-24-23(27-22-16-21(22)18-8-4-3-5-9-18)26-19-11-14-28(15-12-19)17-20-10-6-7-13-25-20;/h3-10,13,19,21-22H,2,11-12,14-17H2,1H3,(H2,24,26,27);1H. The summed E-state index contributed by atoms with van der Waals surface area (Å²) in [7, 11) is 0. The van der Waals surface area contributed by atoms with E-state index in [9.17, 15) is 0 Å². The largest absolute Gasteiger partial charge is 0.354 e. The molecule has 156 valence electrons. The molecule has 6 heteroatoms. The van der Waals surface area contributed by atoms with E-state index in [1.807, 2.05) is 12.3 Å². The van der Waals surface area contributed by atoms with Crippen LogP contribution in [0.3, 0.4) is 0 Å². The molecule has 1 aromatic heterocycles. The minimum absolute atomic E-state index is 0. The van der Waals surface area contributed by atoms with Gasteiger partial charge in [0.1, 0.15) is 0 Å². The molecule has 0 bridgehead atoms. The molecule has 1 saturated heterocycles. The van der Waals surface area contributed by atoms with Crippen molar-refractivity contribution in [3.05, 3.63) is 66.0 Å². The van der Waals surface area contributed by atoms with Gasteiger partial charge in [-0.3, -0.25) is 14.9 Å². The summed E-state index contributed by atoms with van der Waals surface area (Å²) in [6.07, 6.45) is 5.36. The molecule has 1 aliphatic carbocycles. The summed E-state index contributed by atoms with van der Waals surface area (Å²) >= 11 is 0. The first-order valence-electron chi connectivity index (χ1n) is 10.6. The molecule has 0 amide bonds. The normalized spacial score (nSPS) is 22.6. The number of aromatic nitrogens is 1. The highest BCUT2D eigenvalue weighted by molar-refractivity contribution is 14.0. The molecule has 1 saturated carbocycles. The third-order valence-electron chi connectivity index (χ3n) is 5.70. The van der Waals surface area contributed by atoms with E-state index in [0.29, 0.717) is 18.0 Å². The summed E-state index contributed by atoms with van der Waals surface area (Å²) in [4.78, 5) is 11.6. The fraction of sp³-hybridized carbons (Fsp3) is 0.478. The number of guanidine groups is 1. The van der Waals surface area contributed by atoms with Crippen molar-refractivity contribution < 1.29 is 0 Å². The van der Waals surface area contributed by atoms with Crippen molar-refractivity contribution in [2.24, 2.45) is 4.99 Å². The minimum Gasteiger partial charge on any atom is -0.354 e. The number of aliphatic imine (C=N–C) groups is 1. The van der Waals surface area contributed by atoms with Crippen molar-refractivity contribution in [3.63, 3.8) is 0 Å². The summed E-state index contributed by atoms with van der Waals surface area (Å²) < 4.78 is 0. The van der Waals surface area contributed by atoms with Crippen LogP contribution in [0.1, 0.15) is 43.4 Å². The molecule has 2 heterocycles. The molecule has 2 fully saturated rings. The molecule has 5 nitrogen and oxygen atoms in total. The SMILES string of the molecule is CCN=C(NC1CCN(Cc2ccccn2)CC1)NC1CC1c1ccccc1.I. The predicted molar refractivity (Wildman–Crippen MR) is 130 cm³/mol. The second-order valence-corrected chi connectivity index (χ2v) is 7.84. The van der Waals surface area contributed by atoms with Crippen LogP contribution in [0.15, 0.2) is 59.7 Å². The Bertz CT molecular complexity index is 759. The molecule has 29 heavy (non-hydrogen) atoms. The lowest BCUT2D eigenvalue weighted by molar-refractivity contribution is 0.196. The van der Waals surface area contributed by atoms with E-state index in [0.717, 1.165) is 50.7 Å². The molecule has 2 unspecified atom stereocenters. The van der Waals surface area contributed by atoms with E-state index < -0.39 is 0 Å². The number of likely N-dealkylation sites (tertiary alicyclic amines) is 1. The molecule has 1 aliphatic heterocycles. The van der Waals surface area contributed by atoms with Crippen LogP contribution in [0.5, 0.6) is 0 Å². The summed E-state index contributed by atoms with van der Waals surface area (Å²) in [5.41, 5.74) is 2.59. The van der Waals surface area contributed by atoms with Gasteiger partial charge >= 0.3 is 0 Å². The molecule has 4 rings (SSSR count). The number of nitrogens with zero attached hydrogens (tertiary/aromatic N) is 3. The fourth-order valence-corrected chi connectivity index (χ4v) is 4.04. The van der Waals surface area contributed by atoms with Gasteiger partial charge in [-0.25, -0.2) is 0 Å². The highest BCUT2D eigenvalue weighted by Gasteiger charge is 2.39. The van der Waals surface area contributed by atoms with E-state index in [1.54, 1.807) is 0 Å².